The van der Waals surface area contributed by atoms with E-state index in [1.807, 2.05) is 0 Å². The van der Waals surface area contributed by atoms with Crippen molar-refractivity contribution in [1.82, 2.24) is 10.0 Å². The molecule has 49 valence electrons. The van der Waals surface area contributed by atoms with Crippen LogP contribution >= 0.6 is 0 Å². The summed E-state index contributed by atoms with van der Waals surface area (Å²) in [6.07, 6.45) is 3.07. The van der Waals surface area contributed by atoms with Crippen molar-refractivity contribution in [3.8, 4) is 0 Å². The molecule has 10 heavy (non-hydrogen) atoms. The number of fused-ring (bicyclic) bond motifs is 1. The number of hydrogen-bond acceptors (Lipinski definition) is 1. The summed E-state index contributed by atoms with van der Waals surface area (Å²) in [5, 5.41) is 3.39. The Morgan fingerprint density at radius 1 is 1.70 bits per heavy atom. The highest BCUT2D eigenvalue weighted by Gasteiger charge is 2.07. The van der Waals surface area contributed by atoms with Gasteiger partial charge in [-0.3, -0.25) is 0 Å². The number of pyridine rings is 1. The molecule has 2 aromatic heterocycles. The molecule has 3 nitrogen and oxygen atoms in total. The molecule has 0 spiro atoms. The highest BCUT2D eigenvalue weighted by molar-refractivity contribution is 5.25. The Kier molecular flexibility index (Phi) is 0.943. The second kappa shape index (κ2) is 1.76. The molecule has 0 fully saturated rings. The van der Waals surface area contributed by atoms with Crippen molar-refractivity contribution in [1.29, 1.82) is 0 Å². The van der Waals surface area contributed by atoms with E-state index in [4.69, 9.17) is 0 Å². The number of hydrogen-bond donors (Lipinski definition) is 0. The fraction of sp³-hybridized carbons (Fsp3) is 0. The summed E-state index contributed by atoms with van der Waals surface area (Å²) in [4.78, 5) is 0.302. The summed E-state index contributed by atoms with van der Waals surface area (Å²) < 4.78 is 14.1. The van der Waals surface area contributed by atoms with Gasteiger partial charge in [0.15, 0.2) is 0 Å². The molecule has 0 aliphatic heterocycles. The Bertz CT molecular complexity index is 355. The third-order valence-electron chi connectivity index (χ3n) is 1.27. The maximum Gasteiger partial charge on any atom is 0.306 e. The summed E-state index contributed by atoms with van der Waals surface area (Å²) in [6.45, 7) is 0. The van der Waals surface area contributed by atoms with Crippen LogP contribution in [0.1, 0.15) is 0 Å². The molecular weight excluding hydrogens is 133 g/mol. The van der Waals surface area contributed by atoms with E-state index in [9.17, 15) is 4.48 Å². The maximum absolute atomic E-state index is 12.5. The third-order valence-corrected chi connectivity index (χ3v) is 1.27. The summed E-state index contributed by atoms with van der Waals surface area (Å²) in [5.41, 5.74) is 0.377. The molecule has 2 heterocycles. The van der Waals surface area contributed by atoms with Crippen LogP contribution < -0.4 is 4.40 Å². The molecule has 0 bridgehead atoms. The van der Waals surface area contributed by atoms with E-state index in [1.165, 1.54) is 12.4 Å². The van der Waals surface area contributed by atoms with Crippen LogP contribution in [0.5, 0.6) is 0 Å². The Morgan fingerprint density at radius 3 is 3.40 bits per heavy atom. The minimum Gasteiger partial charge on any atom is -0.201 e. The van der Waals surface area contributed by atoms with Crippen LogP contribution in [0.25, 0.3) is 5.65 Å². The Labute approximate surface area is 56.3 Å². The first-order valence-electron chi connectivity index (χ1n) is 2.79. The van der Waals surface area contributed by atoms with Gasteiger partial charge in [-0.25, -0.2) is 4.40 Å². The molecule has 2 rings (SSSR count). The molecule has 1 radical (unpaired) electrons. The lowest BCUT2D eigenvalue weighted by molar-refractivity contribution is -0.513. The standard InChI is InChI=1S/C6H4FN3/c7-10-6-3-1-2-4-9(6)5-8-10/h2-5H/q+1. The first kappa shape index (κ1) is 5.34. The molecule has 0 aromatic carbocycles. The minimum absolute atomic E-state index is 0.302. The van der Waals surface area contributed by atoms with Crippen LogP contribution in [0.3, 0.4) is 0 Å². The number of halogens is 1. The third kappa shape index (κ3) is 0.586. The van der Waals surface area contributed by atoms with Gasteiger partial charge >= 0.3 is 5.65 Å². The van der Waals surface area contributed by atoms with E-state index >= 15 is 0 Å². The fourth-order valence-corrected chi connectivity index (χ4v) is 0.803. The van der Waals surface area contributed by atoms with Crippen LogP contribution in [0, 0.1) is 6.07 Å². The van der Waals surface area contributed by atoms with Crippen LogP contribution in [0.2, 0.25) is 0 Å². The second-order valence-corrected chi connectivity index (χ2v) is 1.88. The highest BCUT2D eigenvalue weighted by atomic mass is 19.2. The van der Waals surface area contributed by atoms with Crippen molar-refractivity contribution in [2.24, 2.45) is 0 Å². The minimum atomic E-state index is 0.302. The lowest BCUT2D eigenvalue weighted by atomic mass is 10.5. The molecule has 0 N–H and O–H groups in total. The van der Waals surface area contributed by atoms with Gasteiger partial charge in [-0.15, -0.1) is 0 Å². The predicted molar refractivity (Wildman–Crippen MR) is 30.7 cm³/mol. The first-order chi connectivity index (χ1) is 4.88. The topological polar surface area (TPSA) is 21.9 Å². The summed E-state index contributed by atoms with van der Waals surface area (Å²) in [6, 6.07) is 5.95. The summed E-state index contributed by atoms with van der Waals surface area (Å²) in [5.74, 6) is 0. The smallest absolute Gasteiger partial charge is 0.201 e. The van der Waals surface area contributed by atoms with Crippen molar-refractivity contribution in [3.05, 3.63) is 30.7 Å². The van der Waals surface area contributed by atoms with Gasteiger partial charge in [-0.05, 0) is 12.1 Å². The molecule has 0 saturated carbocycles. The van der Waals surface area contributed by atoms with Crippen molar-refractivity contribution >= 4 is 5.65 Å². The molecule has 2 aromatic rings. The van der Waals surface area contributed by atoms with Gasteiger partial charge in [0.1, 0.15) is 0 Å². The molecule has 0 aliphatic carbocycles. The lowest BCUT2D eigenvalue weighted by Gasteiger charge is -1.79. The zero-order valence-electron chi connectivity index (χ0n) is 5.03. The quantitative estimate of drug-likeness (QED) is 0.474. The van der Waals surface area contributed by atoms with Gasteiger partial charge < -0.3 is 0 Å². The Hall–Kier alpha value is -1.45. The van der Waals surface area contributed by atoms with Crippen molar-refractivity contribution in [3.63, 3.8) is 0 Å². The van der Waals surface area contributed by atoms with Crippen molar-refractivity contribution < 1.29 is 8.88 Å². The Morgan fingerprint density at radius 2 is 2.60 bits per heavy atom. The van der Waals surface area contributed by atoms with Crippen molar-refractivity contribution in [2.75, 3.05) is 0 Å². The largest absolute Gasteiger partial charge is 0.306 e. The van der Waals surface area contributed by atoms with E-state index in [0.29, 0.717) is 10.6 Å². The zero-order chi connectivity index (χ0) is 6.97. The molecule has 0 saturated heterocycles. The molecule has 0 aliphatic rings. The van der Waals surface area contributed by atoms with E-state index in [-0.39, 0.29) is 0 Å². The normalized spacial score (nSPS) is 10.5. The first-order valence-corrected chi connectivity index (χ1v) is 2.79. The van der Waals surface area contributed by atoms with E-state index in [0.717, 1.165) is 0 Å². The number of rotatable bonds is 0. The zero-order valence-corrected chi connectivity index (χ0v) is 5.03. The lowest BCUT2D eigenvalue weighted by Crippen LogP contribution is -2.16. The highest BCUT2D eigenvalue weighted by Crippen LogP contribution is 1.91. The molecule has 0 amide bonds. The van der Waals surface area contributed by atoms with Crippen LogP contribution in [-0.4, -0.2) is 10.0 Å². The summed E-state index contributed by atoms with van der Waals surface area (Å²) >= 11 is 0. The molecule has 0 atom stereocenters. The average molecular weight is 137 g/mol. The monoisotopic (exact) mass is 137 g/mol. The fourth-order valence-electron chi connectivity index (χ4n) is 0.803. The Balaban J connectivity index is 2.93. The predicted octanol–water partition coefficient (Wildman–Crippen LogP) is 0.155. The SMILES string of the molecule is Fn1nc[n+]2cc[c]cc12. The van der Waals surface area contributed by atoms with Gasteiger partial charge in [0, 0.05) is 10.5 Å². The molecule has 4 heteroatoms. The van der Waals surface area contributed by atoms with Gasteiger partial charge in [0.2, 0.25) is 0 Å². The number of nitrogens with zero attached hydrogens (tertiary/aromatic N) is 3. The average Bonchev–Trinajstić information content (AvgIpc) is 2.34. The van der Waals surface area contributed by atoms with Gasteiger partial charge in [0.25, 0.3) is 6.33 Å². The number of aromatic nitrogens is 3. The summed E-state index contributed by atoms with van der Waals surface area (Å²) in [7, 11) is 0. The van der Waals surface area contributed by atoms with Crippen LogP contribution in [-0.2, 0) is 0 Å². The van der Waals surface area contributed by atoms with Crippen molar-refractivity contribution in [2.45, 2.75) is 0 Å². The van der Waals surface area contributed by atoms with Crippen LogP contribution in [0.4, 0.5) is 4.48 Å². The van der Waals surface area contributed by atoms with Crippen LogP contribution in [0.15, 0.2) is 24.7 Å². The van der Waals surface area contributed by atoms with E-state index < -0.39 is 0 Å². The van der Waals surface area contributed by atoms with Gasteiger partial charge in [-0.1, -0.05) is 0 Å². The van der Waals surface area contributed by atoms with E-state index in [2.05, 4.69) is 11.2 Å². The molecular formula is C6H4FN3+. The van der Waals surface area contributed by atoms with Gasteiger partial charge in [-0.2, -0.15) is 0 Å². The van der Waals surface area contributed by atoms with E-state index in [1.54, 1.807) is 16.7 Å². The van der Waals surface area contributed by atoms with Gasteiger partial charge in [0.05, 0.1) is 16.2 Å². The molecule has 0 unspecified atom stereocenters. The second-order valence-electron chi connectivity index (χ2n) is 1.88. The maximum atomic E-state index is 12.5.